The van der Waals surface area contributed by atoms with Gasteiger partial charge < -0.3 is 14.4 Å². The molecule has 2 saturated heterocycles. The molecule has 2 aromatic rings. The van der Waals surface area contributed by atoms with Crippen LogP contribution in [0.25, 0.3) is 0 Å². The van der Waals surface area contributed by atoms with E-state index in [1.807, 2.05) is 11.2 Å². The number of rotatable bonds is 7. The van der Waals surface area contributed by atoms with Gasteiger partial charge in [0.2, 0.25) is 10.0 Å². The predicted molar refractivity (Wildman–Crippen MR) is 136 cm³/mol. The largest absolute Gasteiger partial charge is 0.490 e. The average Bonchev–Trinajstić information content (AvgIpc) is 2.92. The van der Waals surface area contributed by atoms with Crippen molar-refractivity contribution in [1.29, 1.82) is 0 Å². The highest BCUT2D eigenvalue weighted by molar-refractivity contribution is 7.98. The van der Waals surface area contributed by atoms with Gasteiger partial charge in [0.25, 0.3) is 0 Å². The smallest absolute Gasteiger partial charge is 0.416 e. The Morgan fingerprint density at radius 2 is 1.71 bits per heavy atom. The highest BCUT2D eigenvalue weighted by Crippen LogP contribution is 2.37. The van der Waals surface area contributed by atoms with Crippen LogP contribution in [0.3, 0.4) is 0 Å². The van der Waals surface area contributed by atoms with E-state index >= 15 is 0 Å². The Bertz CT molecular complexity index is 1230. The summed E-state index contributed by atoms with van der Waals surface area (Å²) in [4.78, 5) is 23.5. The maximum Gasteiger partial charge on any atom is 0.416 e. The van der Waals surface area contributed by atoms with Gasteiger partial charge in [-0.2, -0.15) is 13.2 Å². The van der Waals surface area contributed by atoms with Crippen LogP contribution in [0.5, 0.6) is 5.75 Å². The Kier molecular flexibility index (Phi) is 8.43. The van der Waals surface area contributed by atoms with Crippen molar-refractivity contribution in [3.63, 3.8) is 0 Å². The number of nitrogens with zero attached hydrogens (tertiary/aromatic N) is 4. The molecule has 208 valence electrons. The van der Waals surface area contributed by atoms with Crippen molar-refractivity contribution >= 4 is 33.6 Å². The Hall–Kier alpha value is -2.58. The molecule has 2 fully saturated rings. The van der Waals surface area contributed by atoms with Crippen molar-refractivity contribution in [2.24, 2.45) is 0 Å². The Labute approximate surface area is 223 Å². The molecular formula is C24H29F3N4O5S2. The van der Waals surface area contributed by atoms with E-state index in [2.05, 4.69) is 9.97 Å². The maximum atomic E-state index is 13.8. The number of piperidine rings is 2. The van der Waals surface area contributed by atoms with Crippen LogP contribution >= 0.6 is 11.8 Å². The van der Waals surface area contributed by atoms with Crippen LogP contribution in [-0.2, 0) is 25.7 Å². The Morgan fingerprint density at radius 1 is 1.08 bits per heavy atom. The molecule has 3 heterocycles. The van der Waals surface area contributed by atoms with Gasteiger partial charge in [-0.1, -0.05) is 11.8 Å². The van der Waals surface area contributed by atoms with Crippen LogP contribution in [0.15, 0.2) is 41.7 Å². The third kappa shape index (κ3) is 5.71. The van der Waals surface area contributed by atoms with E-state index in [1.165, 1.54) is 35.3 Å². The SMILES string of the molecule is COC(=O)C1(S(=O)(=O)N2CCC(Oc3ccc(C(F)(F)F)cc3)CC2)CCN(c2ccnc(SC)n2)CC1. The van der Waals surface area contributed by atoms with Gasteiger partial charge in [0.05, 0.1) is 12.7 Å². The number of alkyl halides is 3. The van der Waals surface area contributed by atoms with Gasteiger partial charge in [-0.05, 0) is 62.3 Å². The molecule has 38 heavy (non-hydrogen) atoms. The van der Waals surface area contributed by atoms with Crippen molar-refractivity contribution in [2.75, 3.05) is 44.4 Å². The number of carbonyl (C=O) groups is 1. The molecule has 0 N–H and O–H groups in total. The first-order valence-electron chi connectivity index (χ1n) is 12.0. The molecule has 0 spiro atoms. The Balaban J connectivity index is 1.42. The second-order valence-corrected chi connectivity index (χ2v) is 12.1. The topological polar surface area (TPSA) is 102 Å². The van der Waals surface area contributed by atoms with Crippen LogP contribution in [-0.4, -0.2) is 79.1 Å². The molecule has 0 saturated carbocycles. The zero-order valence-electron chi connectivity index (χ0n) is 21.0. The molecule has 0 amide bonds. The summed E-state index contributed by atoms with van der Waals surface area (Å²) in [5, 5.41) is 0.598. The summed E-state index contributed by atoms with van der Waals surface area (Å²) >= 11 is 1.40. The lowest BCUT2D eigenvalue weighted by molar-refractivity contribution is -0.144. The molecule has 1 aromatic heterocycles. The number of hydrogen-bond donors (Lipinski definition) is 0. The number of esters is 1. The van der Waals surface area contributed by atoms with Gasteiger partial charge in [0, 0.05) is 32.4 Å². The van der Waals surface area contributed by atoms with Gasteiger partial charge >= 0.3 is 12.1 Å². The zero-order chi connectivity index (χ0) is 27.6. The van der Waals surface area contributed by atoms with Gasteiger partial charge in [0.1, 0.15) is 17.7 Å². The average molecular weight is 575 g/mol. The molecule has 2 aliphatic rings. The molecule has 0 bridgehead atoms. The van der Waals surface area contributed by atoms with Gasteiger partial charge in [-0.3, -0.25) is 4.79 Å². The molecule has 2 aliphatic heterocycles. The summed E-state index contributed by atoms with van der Waals surface area (Å²) in [6.45, 7) is 0.845. The minimum atomic E-state index is -4.43. The first-order valence-corrected chi connectivity index (χ1v) is 14.7. The second kappa shape index (κ2) is 11.3. The summed E-state index contributed by atoms with van der Waals surface area (Å²) in [5.41, 5.74) is -0.769. The third-order valence-electron chi connectivity index (χ3n) is 6.97. The molecule has 4 rings (SSSR count). The lowest BCUT2D eigenvalue weighted by atomic mass is 9.95. The summed E-state index contributed by atoms with van der Waals surface area (Å²) in [6.07, 6.45) is -0.533. The normalized spacial score (nSPS) is 19.2. The van der Waals surface area contributed by atoms with Crippen LogP contribution < -0.4 is 9.64 Å². The predicted octanol–water partition coefficient (Wildman–Crippen LogP) is 3.60. The molecule has 9 nitrogen and oxygen atoms in total. The summed E-state index contributed by atoms with van der Waals surface area (Å²) in [5.74, 6) is 0.168. The molecule has 1 aromatic carbocycles. The summed E-state index contributed by atoms with van der Waals surface area (Å²) in [6, 6.07) is 6.16. The maximum absolute atomic E-state index is 13.8. The minimum absolute atomic E-state index is 0.0442. The van der Waals surface area contributed by atoms with Crippen molar-refractivity contribution in [3.8, 4) is 5.75 Å². The highest BCUT2D eigenvalue weighted by Gasteiger charge is 2.56. The van der Waals surface area contributed by atoms with Gasteiger partial charge in [-0.25, -0.2) is 22.7 Å². The van der Waals surface area contributed by atoms with E-state index in [1.54, 1.807) is 12.3 Å². The quantitative estimate of drug-likeness (QED) is 0.279. The Morgan fingerprint density at radius 3 is 2.26 bits per heavy atom. The first kappa shape index (κ1) is 28.4. The molecule has 0 aliphatic carbocycles. The lowest BCUT2D eigenvalue weighted by Crippen LogP contribution is -2.60. The summed E-state index contributed by atoms with van der Waals surface area (Å²) in [7, 11) is -2.89. The van der Waals surface area contributed by atoms with E-state index in [4.69, 9.17) is 9.47 Å². The van der Waals surface area contributed by atoms with Crippen LogP contribution in [0, 0.1) is 0 Å². The van der Waals surface area contributed by atoms with Crippen molar-refractivity contribution in [1.82, 2.24) is 14.3 Å². The van der Waals surface area contributed by atoms with Gasteiger partial charge in [0.15, 0.2) is 9.90 Å². The number of thioether (sulfide) groups is 1. The fourth-order valence-electron chi connectivity index (χ4n) is 4.81. The number of halogens is 3. The fourth-order valence-corrected chi connectivity index (χ4v) is 7.34. The van der Waals surface area contributed by atoms with Crippen LogP contribution in [0.1, 0.15) is 31.2 Å². The number of ether oxygens (including phenoxy) is 2. The van der Waals surface area contributed by atoms with Crippen LogP contribution in [0.4, 0.5) is 19.0 Å². The third-order valence-corrected chi connectivity index (χ3v) is 10.1. The molecule has 0 unspecified atom stereocenters. The number of benzene rings is 1. The fraction of sp³-hybridized carbons (Fsp3) is 0.542. The first-order chi connectivity index (χ1) is 18.0. The van der Waals surface area contributed by atoms with E-state index in [9.17, 15) is 26.4 Å². The highest BCUT2D eigenvalue weighted by atomic mass is 32.2. The van der Waals surface area contributed by atoms with E-state index < -0.39 is 32.5 Å². The summed E-state index contributed by atoms with van der Waals surface area (Å²) < 4.78 is 76.4. The number of anilines is 1. The number of carbonyl (C=O) groups excluding carboxylic acids is 1. The lowest BCUT2D eigenvalue weighted by Gasteiger charge is -2.43. The standard InChI is InChI=1S/C24H29F3N4O5S2/c1-35-21(32)23(10-15-30(16-11-23)20-7-12-28-22(29-20)37-2)38(33,34)31-13-8-19(9-14-31)36-18-5-3-17(4-6-18)24(25,26)27/h3-7,12,19H,8-11,13-16H2,1-2H3. The van der Waals surface area contributed by atoms with Gasteiger partial charge in [-0.15, -0.1) is 0 Å². The van der Waals surface area contributed by atoms with Crippen LogP contribution in [0.2, 0.25) is 0 Å². The number of hydrogen-bond acceptors (Lipinski definition) is 9. The number of sulfonamides is 1. The molecule has 14 heteroatoms. The number of methoxy groups -OCH3 is 1. The van der Waals surface area contributed by atoms with E-state index in [-0.39, 0.29) is 37.8 Å². The molecular weight excluding hydrogens is 545 g/mol. The van der Waals surface area contributed by atoms with E-state index in [0.717, 1.165) is 12.1 Å². The number of aromatic nitrogens is 2. The minimum Gasteiger partial charge on any atom is -0.490 e. The zero-order valence-corrected chi connectivity index (χ0v) is 22.6. The molecule has 0 atom stereocenters. The molecule has 0 radical (unpaired) electrons. The van der Waals surface area contributed by atoms with Crippen molar-refractivity contribution in [3.05, 3.63) is 42.1 Å². The van der Waals surface area contributed by atoms with Crippen molar-refractivity contribution in [2.45, 2.75) is 47.9 Å². The van der Waals surface area contributed by atoms with E-state index in [0.29, 0.717) is 36.9 Å². The second-order valence-electron chi connectivity index (χ2n) is 9.12. The van der Waals surface area contributed by atoms with Crippen molar-refractivity contribution < 1.29 is 35.9 Å². The monoisotopic (exact) mass is 574 g/mol.